The second kappa shape index (κ2) is 7.96. The molecule has 0 radical (unpaired) electrons. The van der Waals surface area contributed by atoms with E-state index in [0.717, 1.165) is 11.0 Å². The maximum absolute atomic E-state index is 15.0. The van der Waals surface area contributed by atoms with Crippen molar-refractivity contribution in [2.24, 2.45) is 5.92 Å². The molecule has 1 heterocycles. The van der Waals surface area contributed by atoms with Crippen molar-refractivity contribution in [3.8, 4) is 5.75 Å². The fourth-order valence-corrected chi connectivity index (χ4v) is 3.58. The Kier molecular flexibility index (Phi) is 5.63. The van der Waals surface area contributed by atoms with Gasteiger partial charge in [-0.25, -0.2) is 0 Å². The van der Waals surface area contributed by atoms with Crippen LogP contribution in [0.3, 0.4) is 0 Å². The molecule has 2 aromatic carbocycles. The number of carbonyl (C=O) groups is 2. The number of rotatable bonds is 6. The average Bonchev–Trinajstić information content (AvgIpc) is 3.14. The minimum absolute atomic E-state index is 0.0584. The van der Waals surface area contributed by atoms with E-state index in [9.17, 15) is 14.7 Å². The van der Waals surface area contributed by atoms with Gasteiger partial charge in [0.1, 0.15) is 5.75 Å². The molecule has 1 saturated heterocycles. The second-order valence-electron chi connectivity index (χ2n) is 6.68. The Labute approximate surface area is 161 Å². The molecule has 2 aromatic rings. The monoisotopic (exact) mass is 389 g/mol. The maximum atomic E-state index is 15.0. The lowest BCUT2D eigenvalue weighted by molar-refractivity contribution is -0.158. The summed E-state index contributed by atoms with van der Waals surface area (Å²) < 4.78 is 35.3. The minimum atomic E-state index is -3.82. The van der Waals surface area contributed by atoms with Crippen molar-refractivity contribution in [2.75, 3.05) is 19.7 Å². The molecule has 1 N–H and O–H groups in total. The number of amides is 1. The largest absolute Gasteiger partial charge is 0.493 e. The van der Waals surface area contributed by atoms with Crippen LogP contribution in [0.1, 0.15) is 24.0 Å². The number of carboxylic acid groups (broad SMARTS) is 1. The SMILES string of the molecule is CCOc1ccccc1C(F)(F)C(=O)N1CC(C(=O)O)C(c2ccccc2)C1. The number of hydrogen-bond donors (Lipinski definition) is 1. The van der Waals surface area contributed by atoms with Gasteiger partial charge >= 0.3 is 11.9 Å². The lowest BCUT2D eigenvalue weighted by Gasteiger charge is -2.24. The first kappa shape index (κ1) is 19.8. The van der Waals surface area contributed by atoms with Gasteiger partial charge in [0.2, 0.25) is 0 Å². The molecule has 0 aromatic heterocycles. The van der Waals surface area contributed by atoms with E-state index in [0.29, 0.717) is 5.56 Å². The highest BCUT2D eigenvalue weighted by Crippen LogP contribution is 2.40. The van der Waals surface area contributed by atoms with Crippen LogP contribution >= 0.6 is 0 Å². The van der Waals surface area contributed by atoms with E-state index in [-0.39, 0.29) is 25.4 Å². The van der Waals surface area contributed by atoms with Crippen molar-refractivity contribution >= 4 is 11.9 Å². The highest BCUT2D eigenvalue weighted by molar-refractivity contribution is 5.87. The molecule has 1 aliphatic heterocycles. The molecule has 2 unspecified atom stereocenters. The Morgan fingerprint density at radius 3 is 2.39 bits per heavy atom. The summed E-state index contributed by atoms with van der Waals surface area (Å²) in [6.07, 6.45) is 0. The molecule has 1 aliphatic rings. The molecule has 28 heavy (non-hydrogen) atoms. The summed E-state index contributed by atoms with van der Waals surface area (Å²) in [6.45, 7) is 1.51. The zero-order valence-electron chi connectivity index (χ0n) is 15.3. The van der Waals surface area contributed by atoms with E-state index in [1.165, 1.54) is 12.1 Å². The van der Waals surface area contributed by atoms with E-state index in [2.05, 4.69) is 0 Å². The van der Waals surface area contributed by atoms with E-state index in [1.54, 1.807) is 43.3 Å². The van der Waals surface area contributed by atoms with Gasteiger partial charge < -0.3 is 14.7 Å². The van der Waals surface area contributed by atoms with E-state index in [4.69, 9.17) is 4.74 Å². The fourth-order valence-electron chi connectivity index (χ4n) is 3.58. The number of hydrogen-bond acceptors (Lipinski definition) is 3. The van der Waals surface area contributed by atoms with Crippen molar-refractivity contribution in [1.29, 1.82) is 0 Å². The fraction of sp³-hybridized carbons (Fsp3) is 0.333. The zero-order valence-corrected chi connectivity index (χ0v) is 15.3. The van der Waals surface area contributed by atoms with Crippen LogP contribution in [-0.4, -0.2) is 41.6 Å². The van der Waals surface area contributed by atoms with Gasteiger partial charge in [0.15, 0.2) is 0 Å². The third-order valence-corrected chi connectivity index (χ3v) is 4.95. The first-order valence-corrected chi connectivity index (χ1v) is 9.03. The molecule has 0 saturated carbocycles. The molecule has 3 rings (SSSR count). The zero-order chi connectivity index (χ0) is 20.3. The summed E-state index contributed by atoms with van der Waals surface area (Å²) in [7, 11) is 0. The average molecular weight is 389 g/mol. The molecule has 1 amide bonds. The Hall–Kier alpha value is -2.96. The van der Waals surface area contributed by atoms with Gasteiger partial charge in [0.25, 0.3) is 5.91 Å². The lowest BCUT2D eigenvalue weighted by atomic mass is 9.89. The first-order chi connectivity index (χ1) is 13.4. The van der Waals surface area contributed by atoms with Crippen molar-refractivity contribution in [2.45, 2.75) is 18.8 Å². The summed E-state index contributed by atoms with van der Waals surface area (Å²) >= 11 is 0. The van der Waals surface area contributed by atoms with Gasteiger partial charge in [-0.1, -0.05) is 42.5 Å². The Morgan fingerprint density at radius 1 is 1.11 bits per heavy atom. The normalized spacial score (nSPS) is 19.5. The molecule has 0 bridgehead atoms. The molecular weight excluding hydrogens is 368 g/mol. The smallest absolute Gasteiger partial charge is 0.353 e. The van der Waals surface area contributed by atoms with Crippen LogP contribution in [0, 0.1) is 5.92 Å². The molecule has 0 spiro atoms. The van der Waals surface area contributed by atoms with Crippen molar-refractivity contribution in [3.63, 3.8) is 0 Å². The van der Waals surface area contributed by atoms with Crippen LogP contribution in [0.15, 0.2) is 54.6 Å². The molecular formula is C21H21F2NO4. The van der Waals surface area contributed by atoms with E-state index >= 15 is 8.78 Å². The third kappa shape index (κ3) is 3.69. The Bertz CT molecular complexity index is 856. The Balaban J connectivity index is 1.89. The predicted octanol–water partition coefficient (Wildman–Crippen LogP) is 3.50. The van der Waals surface area contributed by atoms with Crippen molar-refractivity contribution < 1.29 is 28.2 Å². The predicted molar refractivity (Wildman–Crippen MR) is 98.4 cm³/mol. The maximum Gasteiger partial charge on any atom is 0.353 e. The summed E-state index contributed by atoms with van der Waals surface area (Å²) in [5, 5.41) is 9.53. The van der Waals surface area contributed by atoms with Gasteiger partial charge in [-0.2, -0.15) is 8.78 Å². The Morgan fingerprint density at radius 2 is 1.75 bits per heavy atom. The number of nitrogens with zero attached hydrogens (tertiary/aromatic N) is 1. The van der Waals surface area contributed by atoms with Crippen LogP contribution in [0.2, 0.25) is 0 Å². The summed E-state index contributed by atoms with van der Waals surface area (Å²) in [4.78, 5) is 25.3. The van der Waals surface area contributed by atoms with E-state index < -0.39 is 35.2 Å². The van der Waals surface area contributed by atoms with Gasteiger partial charge in [-0.05, 0) is 24.6 Å². The second-order valence-corrected chi connectivity index (χ2v) is 6.68. The summed E-state index contributed by atoms with van der Waals surface area (Å²) in [5.41, 5.74) is 0.195. The highest BCUT2D eigenvalue weighted by Gasteiger charge is 2.50. The number of likely N-dealkylation sites (tertiary alicyclic amines) is 1. The highest BCUT2D eigenvalue weighted by atomic mass is 19.3. The van der Waals surface area contributed by atoms with Crippen LogP contribution in [0.4, 0.5) is 8.78 Å². The number of aliphatic carboxylic acids is 1. The summed E-state index contributed by atoms with van der Waals surface area (Å²) in [5.74, 6) is -7.88. The van der Waals surface area contributed by atoms with Crippen LogP contribution in [0.25, 0.3) is 0 Å². The van der Waals surface area contributed by atoms with Crippen LogP contribution in [-0.2, 0) is 15.5 Å². The van der Waals surface area contributed by atoms with Crippen LogP contribution < -0.4 is 4.74 Å². The third-order valence-electron chi connectivity index (χ3n) is 4.95. The lowest BCUT2D eigenvalue weighted by Crippen LogP contribution is -2.41. The quantitative estimate of drug-likeness (QED) is 0.821. The summed E-state index contributed by atoms with van der Waals surface area (Å²) in [6, 6.07) is 14.3. The topological polar surface area (TPSA) is 66.8 Å². The number of para-hydroxylation sites is 1. The van der Waals surface area contributed by atoms with Gasteiger partial charge in [-0.3, -0.25) is 9.59 Å². The molecule has 2 atom stereocenters. The molecule has 1 fully saturated rings. The molecule has 148 valence electrons. The van der Waals surface area contributed by atoms with Crippen molar-refractivity contribution in [3.05, 3.63) is 65.7 Å². The number of alkyl halides is 2. The minimum Gasteiger partial charge on any atom is -0.493 e. The number of benzene rings is 2. The van der Waals surface area contributed by atoms with Crippen LogP contribution in [0.5, 0.6) is 5.75 Å². The molecule has 5 nitrogen and oxygen atoms in total. The standard InChI is InChI=1S/C21H21F2NO4/c1-2-28-18-11-7-6-10-17(18)21(22,23)20(27)24-12-15(16(13-24)19(25)26)14-8-4-3-5-9-14/h3-11,15-16H,2,12-13H2,1H3,(H,25,26). The number of halogens is 2. The number of ether oxygens (including phenoxy) is 1. The molecule has 0 aliphatic carbocycles. The molecule has 7 heteroatoms. The van der Waals surface area contributed by atoms with E-state index in [1.807, 2.05) is 0 Å². The first-order valence-electron chi connectivity index (χ1n) is 9.03. The van der Waals surface area contributed by atoms with Gasteiger partial charge in [0, 0.05) is 19.0 Å². The number of carbonyl (C=O) groups excluding carboxylic acids is 1. The number of carboxylic acids is 1. The van der Waals surface area contributed by atoms with Crippen molar-refractivity contribution in [1.82, 2.24) is 4.90 Å². The van der Waals surface area contributed by atoms with Gasteiger partial charge in [0.05, 0.1) is 18.1 Å². The van der Waals surface area contributed by atoms with Gasteiger partial charge in [-0.15, -0.1) is 0 Å².